The molecule has 3 aromatic rings. The topological polar surface area (TPSA) is 84.7 Å². The van der Waals surface area contributed by atoms with Crippen LogP contribution in [0.3, 0.4) is 0 Å². The summed E-state index contributed by atoms with van der Waals surface area (Å²) in [5, 5.41) is 0.586. The van der Waals surface area contributed by atoms with Gasteiger partial charge < -0.3 is 10.7 Å². The smallest absolute Gasteiger partial charge is 0.250 e. The van der Waals surface area contributed by atoms with Gasteiger partial charge >= 0.3 is 0 Å². The van der Waals surface area contributed by atoms with E-state index in [0.29, 0.717) is 27.8 Å². The molecular formula is C16H13ClN4O. The fourth-order valence-electron chi connectivity index (χ4n) is 2.28. The molecule has 2 aromatic heterocycles. The minimum atomic E-state index is -0.521. The number of primary amides is 1. The van der Waals surface area contributed by atoms with E-state index in [2.05, 4.69) is 15.0 Å². The van der Waals surface area contributed by atoms with Crippen molar-refractivity contribution in [3.05, 3.63) is 58.9 Å². The first-order chi connectivity index (χ1) is 10.6. The number of H-pyrrole nitrogens is 1. The predicted octanol–water partition coefficient (Wildman–Crippen LogP) is 3.20. The fraction of sp³-hybridized carbons (Fsp3) is 0.0625. The van der Waals surface area contributed by atoms with E-state index >= 15 is 0 Å². The molecule has 0 unspecified atom stereocenters. The average Bonchev–Trinajstić information content (AvgIpc) is 2.96. The van der Waals surface area contributed by atoms with Gasteiger partial charge in [0.15, 0.2) is 5.82 Å². The predicted molar refractivity (Wildman–Crippen MR) is 85.5 cm³/mol. The van der Waals surface area contributed by atoms with Crippen molar-refractivity contribution in [2.24, 2.45) is 5.73 Å². The Labute approximate surface area is 132 Å². The van der Waals surface area contributed by atoms with Crippen LogP contribution in [0.25, 0.3) is 22.8 Å². The second kappa shape index (κ2) is 5.61. The molecule has 22 heavy (non-hydrogen) atoms. The quantitative estimate of drug-likeness (QED) is 0.778. The molecule has 3 N–H and O–H groups in total. The van der Waals surface area contributed by atoms with E-state index < -0.39 is 5.91 Å². The zero-order valence-electron chi connectivity index (χ0n) is 11.8. The van der Waals surface area contributed by atoms with E-state index in [1.54, 1.807) is 36.7 Å². The van der Waals surface area contributed by atoms with E-state index in [0.717, 1.165) is 11.1 Å². The summed E-state index contributed by atoms with van der Waals surface area (Å²) in [5.41, 5.74) is 8.93. The van der Waals surface area contributed by atoms with Crippen molar-refractivity contribution in [1.82, 2.24) is 15.0 Å². The zero-order valence-corrected chi connectivity index (χ0v) is 12.6. The van der Waals surface area contributed by atoms with E-state index in [9.17, 15) is 4.79 Å². The second-order valence-corrected chi connectivity index (χ2v) is 5.30. The van der Waals surface area contributed by atoms with Gasteiger partial charge in [-0.3, -0.25) is 4.79 Å². The normalized spacial score (nSPS) is 10.6. The maximum atomic E-state index is 11.8. The molecule has 5 nitrogen and oxygen atoms in total. The minimum Gasteiger partial charge on any atom is -0.366 e. The van der Waals surface area contributed by atoms with Crippen molar-refractivity contribution in [3.8, 4) is 22.8 Å². The maximum absolute atomic E-state index is 11.8. The first-order valence-corrected chi connectivity index (χ1v) is 7.01. The maximum Gasteiger partial charge on any atom is 0.250 e. The number of nitrogens with zero attached hydrogens (tertiary/aromatic N) is 2. The molecule has 0 bridgehead atoms. The number of hydrogen-bond acceptors (Lipinski definition) is 3. The van der Waals surface area contributed by atoms with E-state index in [1.165, 1.54) is 0 Å². The highest BCUT2D eigenvalue weighted by atomic mass is 35.5. The largest absolute Gasteiger partial charge is 0.366 e. The van der Waals surface area contributed by atoms with Crippen LogP contribution in [0, 0.1) is 6.92 Å². The molecule has 6 heteroatoms. The Bertz CT molecular complexity index is 843. The number of rotatable bonds is 3. The van der Waals surface area contributed by atoms with Gasteiger partial charge in [0, 0.05) is 23.0 Å². The third kappa shape index (κ3) is 2.58. The Balaban J connectivity index is 2.21. The first kappa shape index (κ1) is 14.3. The fourth-order valence-corrected chi connectivity index (χ4v) is 2.46. The third-order valence-corrected chi connectivity index (χ3v) is 3.59. The summed E-state index contributed by atoms with van der Waals surface area (Å²) in [6.45, 7) is 1.94. The van der Waals surface area contributed by atoms with Crippen LogP contribution < -0.4 is 5.73 Å². The number of benzene rings is 1. The van der Waals surface area contributed by atoms with Crippen LogP contribution in [0.1, 0.15) is 15.9 Å². The second-order valence-electron chi connectivity index (χ2n) is 4.87. The Morgan fingerprint density at radius 1 is 1.23 bits per heavy atom. The molecule has 110 valence electrons. The number of nitrogens with one attached hydrogen (secondary N) is 1. The minimum absolute atomic E-state index is 0.382. The number of aromatic amines is 1. The van der Waals surface area contributed by atoms with Gasteiger partial charge in [-0.15, -0.1) is 0 Å². The number of aryl methyl sites for hydroxylation is 1. The molecule has 1 amide bonds. The van der Waals surface area contributed by atoms with Gasteiger partial charge in [-0.1, -0.05) is 17.7 Å². The number of carbonyl (C=O) groups is 1. The first-order valence-electron chi connectivity index (χ1n) is 6.63. The number of amides is 1. The number of nitrogens with two attached hydrogens (primary N) is 1. The molecule has 0 fully saturated rings. The van der Waals surface area contributed by atoms with Gasteiger partial charge in [0.05, 0.1) is 17.0 Å². The monoisotopic (exact) mass is 312 g/mol. The summed E-state index contributed by atoms with van der Waals surface area (Å²) >= 11 is 6.07. The summed E-state index contributed by atoms with van der Waals surface area (Å²) < 4.78 is 0. The Kier molecular flexibility index (Phi) is 3.65. The molecule has 0 radical (unpaired) electrons. The molecule has 0 aliphatic rings. The lowest BCUT2D eigenvalue weighted by Gasteiger charge is -2.06. The Morgan fingerprint density at radius 3 is 2.64 bits per heavy atom. The standard InChI is InChI=1S/C16H13ClN4O/c1-9-3-4-10(17)7-11(9)14-12(15(18)22)8-13(21-14)16-19-5-2-6-20-16/h2-8,21H,1H3,(H2,18,22). The molecule has 0 saturated heterocycles. The van der Waals surface area contributed by atoms with Crippen LogP contribution in [0.15, 0.2) is 42.7 Å². The van der Waals surface area contributed by atoms with Crippen molar-refractivity contribution in [2.75, 3.05) is 0 Å². The van der Waals surface area contributed by atoms with Gasteiger partial charge in [-0.05, 0) is 36.8 Å². The SMILES string of the molecule is Cc1ccc(Cl)cc1-c1[nH]c(-c2ncccn2)cc1C(N)=O. The number of carbonyl (C=O) groups excluding carboxylic acids is 1. The van der Waals surface area contributed by atoms with Crippen LogP contribution in [0.4, 0.5) is 0 Å². The van der Waals surface area contributed by atoms with Crippen molar-refractivity contribution in [3.63, 3.8) is 0 Å². The van der Waals surface area contributed by atoms with E-state index in [-0.39, 0.29) is 0 Å². The van der Waals surface area contributed by atoms with Crippen LogP contribution in [0.2, 0.25) is 5.02 Å². The molecule has 0 aliphatic carbocycles. The number of hydrogen-bond donors (Lipinski definition) is 2. The Hall–Kier alpha value is -2.66. The van der Waals surface area contributed by atoms with Crippen molar-refractivity contribution in [1.29, 1.82) is 0 Å². The lowest BCUT2D eigenvalue weighted by molar-refractivity contribution is 0.100. The molecular weight excluding hydrogens is 300 g/mol. The van der Waals surface area contributed by atoms with Crippen LogP contribution >= 0.6 is 11.6 Å². The van der Waals surface area contributed by atoms with Gasteiger partial charge in [0.2, 0.25) is 0 Å². The van der Waals surface area contributed by atoms with Crippen molar-refractivity contribution < 1.29 is 4.79 Å². The summed E-state index contributed by atoms with van der Waals surface area (Å²) in [4.78, 5) is 23.3. The molecule has 2 heterocycles. The summed E-state index contributed by atoms with van der Waals surface area (Å²) in [6, 6.07) is 8.87. The van der Waals surface area contributed by atoms with Crippen molar-refractivity contribution >= 4 is 17.5 Å². The molecule has 0 atom stereocenters. The van der Waals surface area contributed by atoms with Gasteiger partial charge in [-0.2, -0.15) is 0 Å². The molecule has 0 spiro atoms. The lowest BCUT2D eigenvalue weighted by atomic mass is 10.0. The van der Waals surface area contributed by atoms with E-state index in [1.807, 2.05) is 13.0 Å². The zero-order chi connectivity index (χ0) is 15.7. The van der Waals surface area contributed by atoms with Gasteiger partial charge in [0.1, 0.15) is 0 Å². The Morgan fingerprint density at radius 2 is 1.95 bits per heavy atom. The molecule has 3 rings (SSSR count). The summed E-state index contributed by atoms with van der Waals surface area (Å²) in [5.74, 6) is -0.0243. The highest BCUT2D eigenvalue weighted by molar-refractivity contribution is 6.31. The van der Waals surface area contributed by atoms with Crippen molar-refractivity contribution in [2.45, 2.75) is 6.92 Å². The van der Waals surface area contributed by atoms with Crippen LogP contribution in [-0.2, 0) is 0 Å². The van der Waals surface area contributed by atoms with Crippen LogP contribution in [0.5, 0.6) is 0 Å². The molecule has 0 aliphatic heterocycles. The highest BCUT2D eigenvalue weighted by Crippen LogP contribution is 2.31. The molecule has 1 aromatic carbocycles. The summed E-state index contributed by atoms with van der Waals surface area (Å²) in [6.07, 6.45) is 3.27. The highest BCUT2D eigenvalue weighted by Gasteiger charge is 2.18. The lowest BCUT2D eigenvalue weighted by Crippen LogP contribution is -2.11. The summed E-state index contributed by atoms with van der Waals surface area (Å²) in [7, 11) is 0. The third-order valence-electron chi connectivity index (χ3n) is 3.36. The average molecular weight is 313 g/mol. The van der Waals surface area contributed by atoms with Gasteiger partial charge in [-0.25, -0.2) is 9.97 Å². The van der Waals surface area contributed by atoms with Gasteiger partial charge in [0.25, 0.3) is 5.91 Å². The number of aromatic nitrogens is 3. The molecule has 0 saturated carbocycles. The van der Waals surface area contributed by atoms with Crippen LogP contribution in [-0.4, -0.2) is 20.9 Å². The van der Waals surface area contributed by atoms with E-state index in [4.69, 9.17) is 17.3 Å². The number of halogens is 1.